The third-order valence-corrected chi connectivity index (χ3v) is 3.30. The molecule has 2 nitrogen and oxygen atoms in total. The first-order valence-electron chi connectivity index (χ1n) is 5.37. The Morgan fingerprint density at radius 3 is 2.38 bits per heavy atom. The van der Waals surface area contributed by atoms with E-state index in [4.69, 9.17) is 5.73 Å². The van der Waals surface area contributed by atoms with Crippen LogP contribution in [0.4, 0.5) is 0 Å². The minimum atomic E-state index is -0.114. The molecule has 0 saturated heterocycles. The largest absolute Gasteiger partial charge is 0.507 e. The fraction of sp³-hybridized carbons (Fsp3) is 0.143. The van der Waals surface area contributed by atoms with E-state index in [1.165, 1.54) is 0 Å². The van der Waals surface area contributed by atoms with Crippen molar-refractivity contribution < 1.29 is 5.11 Å². The summed E-state index contributed by atoms with van der Waals surface area (Å²) < 4.78 is 0. The number of phenolic OH excluding ortho intramolecular Hbond substituents is 1. The second-order valence-electron chi connectivity index (χ2n) is 4.26. The van der Waals surface area contributed by atoms with Crippen molar-refractivity contribution in [2.45, 2.75) is 13.0 Å². The van der Waals surface area contributed by atoms with Gasteiger partial charge in [0.1, 0.15) is 5.75 Å². The highest BCUT2D eigenvalue weighted by Crippen LogP contribution is 2.47. The van der Waals surface area contributed by atoms with E-state index in [-0.39, 0.29) is 6.04 Å². The number of aryl methyl sites for hydroxylation is 1. The van der Waals surface area contributed by atoms with Crippen LogP contribution >= 0.6 is 0 Å². The Kier molecular flexibility index (Phi) is 1.82. The third-order valence-electron chi connectivity index (χ3n) is 3.30. The summed E-state index contributed by atoms with van der Waals surface area (Å²) in [5.74, 6) is 0.320. The van der Waals surface area contributed by atoms with Gasteiger partial charge in [-0.1, -0.05) is 30.3 Å². The van der Waals surface area contributed by atoms with Crippen LogP contribution in [0.3, 0.4) is 0 Å². The standard InChI is InChI=1S/C14H13NO/c1-8-4-2-5-9-12(8)13-10(14(9)15)6-3-7-11(13)16/h2-7,14,16H,15H2,1H3. The molecule has 1 unspecified atom stereocenters. The highest BCUT2D eigenvalue weighted by atomic mass is 16.3. The molecule has 1 atom stereocenters. The fourth-order valence-corrected chi connectivity index (χ4v) is 2.55. The van der Waals surface area contributed by atoms with Gasteiger partial charge in [0, 0.05) is 5.56 Å². The lowest BCUT2D eigenvalue weighted by molar-refractivity contribution is 0.477. The van der Waals surface area contributed by atoms with Crippen LogP contribution in [0.5, 0.6) is 5.75 Å². The maximum absolute atomic E-state index is 9.96. The van der Waals surface area contributed by atoms with Crippen molar-refractivity contribution in [3.05, 3.63) is 53.1 Å². The van der Waals surface area contributed by atoms with Gasteiger partial charge in [0.05, 0.1) is 6.04 Å². The molecule has 0 heterocycles. The lowest BCUT2D eigenvalue weighted by atomic mass is 10.00. The van der Waals surface area contributed by atoms with Crippen LogP contribution in [-0.2, 0) is 0 Å². The zero-order chi connectivity index (χ0) is 11.3. The number of aromatic hydroxyl groups is 1. The summed E-state index contributed by atoms with van der Waals surface area (Å²) in [7, 11) is 0. The normalized spacial score (nSPS) is 17.0. The minimum Gasteiger partial charge on any atom is -0.507 e. The van der Waals surface area contributed by atoms with Crippen LogP contribution in [0.2, 0.25) is 0 Å². The van der Waals surface area contributed by atoms with Gasteiger partial charge in [-0.15, -0.1) is 0 Å². The van der Waals surface area contributed by atoms with Crippen molar-refractivity contribution in [3.63, 3.8) is 0 Å². The van der Waals surface area contributed by atoms with Crippen molar-refractivity contribution in [2.75, 3.05) is 0 Å². The second kappa shape index (κ2) is 3.09. The molecular weight excluding hydrogens is 198 g/mol. The van der Waals surface area contributed by atoms with E-state index in [0.29, 0.717) is 5.75 Å². The first-order chi connectivity index (χ1) is 7.70. The van der Waals surface area contributed by atoms with Crippen LogP contribution in [-0.4, -0.2) is 5.11 Å². The van der Waals surface area contributed by atoms with E-state index in [2.05, 4.69) is 0 Å². The van der Waals surface area contributed by atoms with Crippen molar-refractivity contribution in [2.24, 2.45) is 5.73 Å². The van der Waals surface area contributed by atoms with Crippen molar-refractivity contribution in [1.82, 2.24) is 0 Å². The molecule has 0 aliphatic heterocycles. The number of hydrogen-bond acceptors (Lipinski definition) is 2. The maximum Gasteiger partial charge on any atom is 0.123 e. The van der Waals surface area contributed by atoms with Crippen LogP contribution in [0.15, 0.2) is 36.4 Å². The van der Waals surface area contributed by atoms with Gasteiger partial charge in [0.2, 0.25) is 0 Å². The monoisotopic (exact) mass is 211 g/mol. The smallest absolute Gasteiger partial charge is 0.123 e. The predicted molar refractivity (Wildman–Crippen MR) is 64.3 cm³/mol. The second-order valence-corrected chi connectivity index (χ2v) is 4.26. The molecule has 1 aliphatic carbocycles. The van der Waals surface area contributed by atoms with Gasteiger partial charge in [-0.05, 0) is 35.2 Å². The van der Waals surface area contributed by atoms with Gasteiger partial charge < -0.3 is 10.8 Å². The fourth-order valence-electron chi connectivity index (χ4n) is 2.55. The minimum absolute atomic E-state index is 0.114. The van der Waals surface area contributed by atoms with Crippen molar-refractivity contribution in [1.29, 1.82) is 0 Å². The molecule has 0 aromatic heterocycles. The highest BCUT2D eigenvalue weighted by molar-refractivity contribution is 5.85. The van der Waals surface area contributed by atoms with Crippen molar-refractivity contribution in [3.8, 4) is 16.9 Å². The van der Waals surface area contributed by atoms with Gasteiger partial charge in [0.25, 0.3) is 0 Å². The Balaban J connectivity index is 2.43. The molecule has 2 aromatic carbocycles. The molecule has 0 fully saturated rings. The van der Waals surface area contributed by atoms with E-state index in [0.717, 1.165) is 27.8 Å². The maximum atomic E-state index is 9.96. The molecule has 3 rings (SSSR count). The Bertz CT molecular complexity index is 523. The third kappa shape index (κ3) is 1.05. The Hall–Kier alpha value is -1.80. The molecular formula is C14H13NO. The lowest BCUT2D eigenvalue weighted by Crippen LogP contribution is -2.07. The summed E-state index contributed by atoms with van der Waals surface area (Å²) in [6, 6.07) is 11.5. The topological polar surface area (TPSA) is 46.2 Å². The highest BCUT2D eigenvalue weighted by Gasteiger charge is 2.28. The summed E-state index contributed by atoms with van der Waals surface area (Å²) in [6.07, 6.45) is 0. The Morgan fingerprint density at radius 2 is 1.62 bits per heavy atom. The van der Waals surface area contributed by atoms with Gasteiger partial charge in [0.15, 0.2) is 0 Å². The first-order valence-corrected chi connectivity index (χ1v) is 5.37. The molecule has 0 bridgehead atoms. The number of nitrogens with two attached hydrogens (primary N) is 1. The molecule has 2 aromatic rings. The number of hydrogen-bond donors (Lipinski definition) is 2. The van der Waals surface area contributed by atoms with Gasteiger partial charge in [-0.25, -0.2) is 0 Å². The molecule has 0 radical (unpaired) electrons. The lowest BCUT2D eigenvalue weighted by Gasteiger charge is -2.06. The summed E-state index contributed by atoms with van der Waals surface area (Å²) >= 11 is 0. The van der Waals surface area contributed by atoms with Gasteiger partial charge >= 0.3 is 0 Å². The number of benzene rings is 2. The number of phenols is 1. The molecule has 3 N–H and O–H groups in total. The van der Waals surface area contributed by atoms with Crippen molar-refractivity contribution >= 4 is 0 Å². The van der Waals surface area contributed by atoms with E-state index in [1.807, 2.05) is 37.3 Å². The quantitative estimate of drug-likeness (QED) is 0.703. The number of fused-ring (bicyclic) bond motifs is 3. The van der Waals surface area contributed by atoms with E-state index in [9.17, 15) is 5.11 Å². The number of rotatable bonds is 0. The van der Waals surface area contributed by atoms with Crippen LogP contribution in [0.25, 0.3) is 11.1 Å². The Labute approximate surface area is 94.3 Å². The average Bonchev–Trinajstić information content (AvgIpc) is 2.56. The summed E-state index contributed by atoms with van der Waals surface area (Å²) in [5.41, 5.74) is 11.5. The molecule has 2 heteroatoms. The van der Waals surface area contributed by atoms with Gasteiger partial charge in [-0.3, -0.25) is 0 Å². The molecule has 1 aliphatic rings. The van der Waals surface area contributed by atoms with Gasteiger partial charge in [-0.2, -0.15) is 0 Å². The molecule has 16 heavy (non-hydrogen) atoms. The van der Waals surface area contributed by atoms with E-state index in [1.54, 1.807) is 6.07 Å². The molecule has 0 amide bonds. The summed E-state index contributed by atoms with van der Waals surface area (Å²) in [6.45, 7) is 2.05. The SMILES string of the molecule is Cc1cccc2c1-c1c(O)cccc1C2N. The average molecular weight is 211 g/mol. The zero-order valence-corrected chi connectivity index (χ0v) is 9.07. The van der Waals surface area contributed by atoms with Crippen LogP contribution in [0, 0.1) is 6.92 Å². The predicted octanol–water partition coefficient (Wildman–Crippen LogP) is 2.73. The first kappa shape index (κ1) is 9.43. The summed E-state index contributed by atoms with van der Waals surface area (Å²) in [5, 5.41) is 9.96. The van der Waals surface area contributed by atoms with Crippen LogP contribution < -0.4 is 5.73 Å². The molecule has 0 spiro atoms. The Morgan fingerprint density at radius 1 is 1.00 bits per heavy atom. The van der Waals surface area contributed by atoms with E-state index >= 15 is 0 Å². The molecule has 0 saturated carbocycles. The molecule has 80 valence electrons. The van der Waals surface area contributed by atoms with E-state index < -0.39 is 0 Å². The summed E-state index contributed by atoms with van der Waals surface area (Å²) in [4.78, 5) is 0. The zero-order valence-electron chi connectivity index (χ0n) is 9.07. The van der Waals surface area contributed by atoms with Crippen LogP contribution in [0.1, 0.15) is 22.7 Å².